The number of hydrogen-bond acceptors (Lipinski definition) is 6. The Morgan fingerprint density at radius 1 is 1.07 bits per heavy atom. The van der Waals surface area contributed by atoms with Gasteiger partial charge < -0.3 is 25.4 Å². The Balaban J connectivity index is 1.45. The van der Waals surface area contributed by atoms with Crippen LogP contribution >= 0.6 is 0 Å². The third kappa shape index (κ3) is 3.19. The summed E-state index contributed by atoms with van der Waals surface area (Å²) in [6, 6.07) is 8.04. The number of amides is 1. The number of benzene rings is 1. The number of rotatable bonds is 4. The minimum atomic E-state index is -0.0642. The van der Waals surface area contributed by atoms with E-state index in [1.54, 1.807) is 0 Å². The van der Waals surface area contributed by atoms with Crippen LogP contribution < -0.4 is 20.9 Å². The van der Waals surface area contributed by atoms with Crippen molar-refractivity contribution in [3.05, 3.63) is 53.6 Å². The minimum absolute atomic E-state index is 0.0642. The fourth-order valence-corrected chi connectivity index (χ4v) is 4.15. The van der Waals surface area contributed by atoms with Gasteiger partial charge in [0.1, 0.15) is 11.6 Å². The highest BCUT2D eigenvalue weighted by Gasteiger charge is 2.27. The topological polar surface area (TPSA) is 87.1 Å². The highest BCUT2D eigenvalue weighted by Crippen LogP contribution is 2.35. The molecule has 2 aliphatic heterocycles. The fraction of sp³-hybridized carbons (Fsp3) is 0.318. The smallest absolute Gasteiger partial charge is 0.254 e. The van der Waals surface area contributed by atoms with Gasteiger partial charge in [0, 0.05) is 45.3 Å². The fourth-order valence-electron chi connectivity index (χ4n) is 4.15. The van der Waals surface area contributed by atoms with Crippen LogP contribution in [0.4, 0.5) is 17.2 Å². The molecule has 3 N–H and O–H groups in total. The molecule has 154 valence electrons. The van der Waals surface area contributed by atoms with Crippen molar-refractivity contribution in [2.45, 2.75) is 13.5 Å². The summed E-state index contributed by atoms with van der Waals surface area (Å²) in [5, 5.41) is 9.66. The second kappa shape index (κ2) is 7.46. The van der Waals surface area contributed by atoms with E-state index in [4.69, 9.17) is 0 Å². The molecule has 0 spiro atoms. The normalized spacial score (nSPS) is 15.8. The summed E-state index contributed by atoms with van der Waals surface area (Å²) in [7, 11) is 1.99. The molecule has 0 radical (unpaired) electrons. The molecule has 1 saturated heterocycles. The molecule has 8 nitrogen and oxygen atoms in total. The Hall–Kier alpha value is -3.39. The van der Waals surface area contributed by atoms with Crippen LogP contribution in [0.15, 0.2) is 36.7 Å². The van der Waals surface area contributed by atoms with Crippen molar-refractivity contribution in [1.29, 1.82) is 0 Å². The molecular weight excluding hydrogens is 378 g/mol. The van der Waals surface area contributed by atoms with Crippen molar-refractivity contribution in [2.24, 2.45) is 7.05 Å². The second-order valence-corrected chi connectivity index (χ2v) is 7.71. The zero-order valence-electron chi connectivity index (χ0n) is 17.2. The van der Waals surface area contributed by atoms with Crippen molar-refractivity contribution in [2.75, 3.05) is 36.4 Å². The number of imidazole rings is 1. The Morgan fingerprint density at radius 2 is 1.90 bits per heavy atom. The average Bonchev–Trinajstić information content (AvgIpc) is 3.33. The number of pyridine rings is 1. The van der Waals surface area contributed by atoms with Gasteiger partial charge in [0.05, 0.1) is 35.0 Å². The van der Waals surface area contributed by atoms with E-state index in [2.05, 4.69) is 36.9 Å². The van der Waals surface area contributed by atoms with Gasteiger partial charge in [-0.3, -0.25) is 4.79 Å². The summed E-state index contributed by atoms with van der Waals surface area (Å²) < 4.78 is 2.04. The van der Waals surface area contributed by atoms with Gasteiger partial charge in [-0.15, -0.1) is 0 Å². The van der Waals surface area contributed by atoms with E-state index in [0.29, 0.717) is 12.1 Å². The van der Waals surface area contributed by atoms with Gasteiger partial charge in [-0.25, -0.2) is 9.97 Å². The summed E-state index contributed by atoms with van der Waals surface area (Å²) in [6.45, 7) is 6.43. The Bertz CT molecular complexity index is 1100. The van der Waals surface area contributed by atoms with E-state index in [0.717, 1.165) is 66.0 Å². The maximum atomic E-state index is 12.6. The first kappa shape index (κ1) is 18.6. The summed E-state index contributed by atoms with van der Waals surface area (Å²) in [5.74, 6) is 1.60. The lowest BCUT2D eigenvalue weighted by Gasteiger charge is -2.29. The van der Waals surface area contributed by atoms with Gasteiger partial charge in [0.2, 0.25) is 0 Å². The molecule has 0 aliphatic carbocycles. The molecule has 30 heavy (non-hydrogen) atoms. The van der Waals surface area contributed by atoms with Crippen molar-refractivity contribution < 1.29 is 4.79 Å². The molecule has 5 rings (SSSR count). The van der Waals surface area contributed by atoms with Gasteiger partial charge in [0.25, 0.3) is 5.91 Å². The quantitative estimate of drug-likeness (QED) is 0.619. The zero-order valence-corrected chi connectivity index (χ0v) is 17.2. The lowest BCUT2D eigenvalue weighted by molar-refractivity contribution is 0.0966. The number of anilines is 3. The van der Waals surface area contributed by atoms with E-state index in [1.807, 2.05) is 49.1 Å². The summed E-state index contributed by atoms with van der Waals surface area (Å²) in [4.78, 5) is 23.9. The molecule has 0 bridgehead atoms. The van der Waals surface area contributed by atoms with Crippen LogP contribution in [0.2, 0.25) is 0 Å². The maximum absolute atomic E-state index is 12.6. The molecule has 0 unspecified atom stereocenters. The third-order valence-corrected chi connectivity index (χ3v) is 5.95. The standard InChI is InChI=1S/C22H25N7O/c1-14-24-13-19(28(14)2)16-4-5-18(21-17(16)12-26-22(21)30)27-20-6-3-15(11-25-20)29-9-7-23-8-10-29/h3-6,11,13,23H,7-10,12H2,1-2H3,(H,25,27)(H,26,30). The van der Waals surface area contributed by atoms with Gasteiger partial charge in [0.15, 0.2) is 0 Å². The summed E-state index contributed by atoms with van der Waals surface area (Å²) in [5.41, 5.74) is 5.59. The van der Waals surface area contributed by atoms with Gasteiger partial charge in [-0.05, 0) is 30.7 Å². The number of piperazine rings is 1. The molecule has 1 fully saturated rings. The first-order chi connectivity index (χ1) is 14.6. The van der Waals surface area contributed by atoms with E-state index in [1.165, 1.54) is 0 Å². The van der Waals surface area contributed by atoms with E-state index >= 15 is 0 Å². The first-order valence-corrected chi connectivity index (χ1v) is 10.2. The van der Waals surface area contributed by atoms with Crippen molar-refractivity contribution >= 4 is 23.1 Å². The lowest BCUT2D eigenvalue weighted by atomic mass is 9.99. The number of nitrogens with one attached hydrogen (secondary N) is 3. The molecule has 1 aromatic carbocycles. The first-order valence-electron chi connectivity index (χ1n) is 10.2. The number of carbonyl (C=O) groups is 1. The second-order valence-electron chi connectivity index (χ2n) is 7.71. The van der Waals surface area contributed by atoms with Gasteiger partial charge in [-0.1, -0.05) is 6.07 Å². The SMILES string of the molecule is Cc1ncc(-c2ccc(Nc3ccc(N4CCNCC4)cn3)c3c2CNC3=O)n1C. The number of aryl methyl sites for hydroxylation is 1. The highest BCUT2D eigenvalue weighted by molar-refractivity contribution is 6.06. The Morgan fingerprint density at radius 3 is 2.60 bits per heavy atom. The molecule has 2 aliphatic rings. The zero-order chi connectivity index (χ0) is 20.7. The summed E-state index contributed by atoms with van der Waals surface area (Å²) in [6.07, 6.45) is 3.75. The molecule has 1 amide bonds. The monoisotopic (exact) mass is 403 g/mol. The predicted molar refractivity (Wildman–Crippen MR) is 117 cm³/mol. The van der Waals surface area contributed by atoms with Gasteiger partial charge >= 0.3 is 0 Å². The van der Waals surface area contributed by atoms with Crippen LogP contribution in [0.1, 0.15) is 21.7 Å². The van der Waals surface area contributed by atoms with Crippen LogP contribution in [0.3, 0.4) is 0 Å². The number of aromatic nitrogens is 3. The minimum Gasteiger partial charge on any atom is -0.368 e. The van der Waals surface area contributed by atoms with Crippen LogP contribution in [0.5, 0.6) is 0 Å². The third-order valence-electron chi connectivity index (χ3n) is 5.95. The molecule has 0 saturated carbocycles. The number of nitrogens with zero attached hydrogens (tertiary/aromatic N) is 4. The van der Waals surface area contributed by atoms with Crippen LogP contribution in [-0.2, 0) is 13.6 Å². The van der Waals surface area contributed by atoms with E-state index in [9.17, 15) is 4.79 Å². The van der Waals surface area contributed by atoms with Crippen LogP contribution in [0.25, 0.3) is 11.3 Å². The molecular formula is C22H25N7O. The van der Waals surface area contributed by atoms with Crippen LogP contribution in [-0.4, -0.2) is 46.6 Å². The lowest BCUT2D eigenvalue weighted by Crippen LogP contribution is -2.43. The maximum Gasteiger partial charge on any atom is 0.254 e. The number of fused-ring (bicyclic) bond motifs is 1. The Labute approximate surface area is 175 Å². The van der Waals surface area contributed by atoms with Crippen molar-refractivity contribution in [3.8, 4) is 11.3 Å². The molecule has 0 atom stereocenters. The predicted octanol–water partition coefficient (Wildman–Crippen LogP) is 2.19. The van der Waals surface area contributed by atoms with Crippen molar-refractivity contribution in [3.63, 3.8) is 0 Å². The van der Waals surface area contributed by atoms with E-state index < -0.39 is 0 Å². The highest BCUT2D eigenvalue weighted by atomic mass is 16.1. The average molecular weight is 403 g/mol. The van der Waals surface area contributed by atoms with Gasteiger partial charge in [-0.2, -0.15) is 0 Å². The number of hydrogen-bond donors (Lipinski definition) is 3. The molecule has 2 aromatic heterocycles. The number of carbonyl (C=O) groups excluding carboxylic acids is 1. The molecule has 4 heterocycles. The van der Waals surface area contributed by atoms with Crippen LogP contribution in [0, 0.1) is 6.92 Å². The molecule has 8 heteroatoms. The molecule has 3 aromatic rings. The van der Waals surface area contributed by atoms with E-state index in [-0.39, 0.29) is 5.91 Å². The Kier molecular flexibility index (Phi) is 4.63. The van der Waals surface area contributed by atoms with Crippen molar-refractivity contribution in [1.82, 2.24) is 25.2 Å². The summed E-state index contributed by atoms with van der Waals surface area (Å²) >= 11 is 0. The largest absolute Gasteiger partial charge is 0.368 e.